The van der Waals surface area contributed by atoms with Crippen LogP contribution in [0.4, 0.5) is 5.69 Å². The van der Waals surface area contributed by atoms with Crippen molar-refractivity contribution in [2.24, 2.45) is 5.92 Å². The largest absolute Gasteiger partial charge is 0.486 e. The van der Waals surface area contributed by atoms with Gasteiger partial charge >= 0.3 is 0 Å². The highest BCUT2D eigenvalue weighted by atomic mass is 35.5. The van der Waals surface area contributed by atoms with Gasteiger partial charge in [-0.1, -0.05) is 37.3 Å². The quantitative estimate of drug-likeness (QED) is 0.855. The molecule has 1 heterocycles. The Morgan fingerprint density at radius 2 is 2.12 bits per heavy atom. The van der Waals surface area contributed by atoms with Crippen molar-refractivity contribution in [3.8, 4) is 5.75 Å². The highest BCUT2D eigenvalue weighted by Crippen LogP contribution is 2.35. The van der Waals surface area contributed by atoms with Gasteiger partial charge in [0.05, 0.1) is 12.2 Å². The van der Waals surface area contributed by atoms with E-state index in [0.29, 0.717) is 6.10 Å². The van der Waals surface area contributed by atoms with Crippen LogP contribution in [-0.2, 0) is 0 Å². The number of ether oxygens (including phenoxy) is 1. The van der Waals surface area contributed by atoms with Gasteiger partial charge < -0.3 is 10.1 Å². The second-order valence-corrected chi connectivity index (χ2v) is 5.58. The number of halogens is 1. The van der Waals surface area contributed by atoms with Crippen molar-refractivity contribution >= 4 is 17.3 Å². The summed E-state index contributed by atoms with van der Waals surface area (Å²) in [5, 5.41) is 4.18. The lowest BCUT2D eigenvalue weighted by molar-refractivity contribution is 0.172. The van der Waals surface area contributed by atoms with Crippen LogP contribution < -0.4 is 10.1 Å². The number of hydrogen-bond donors (Lipinski definition) is 1. The molecule has 92 valence electrons. The SMILES string of the molecule is Clc1ccc2c(c1)NCC(CC1CCCC1)O2. The van der Waals surface area contributed by atoms with E-state index in [1.54, 1.807) is 0 Å². The molecule has 1 aliphatic carbocycles. The molecule has 1 N–H and O–H groups in total. The molecule has 0 spiro atoms. The summed E-state index contributed by atoms with van der Waals surface area (Å²) in [7, 11) is 0. The summed E-state index contributed by atoms with van der Waals surface area (Å²) >= 11 is 5.95. The Hall–Kier alpha value is -0.890. The third-order valence-corrected chi connectivity index (χ3v) is 4.06. The van der Waals surface area contributed by atoms with E-state index in [0.717, 1.165) is 28.9 Å². The highest BCUT2D eigenvalue weighted by molar-refractivity contribution is 6.30. The third-order valence-electron chi connectivity index (χ3n) is 3.83. The smallest absolute Gasteiger partial charge is 0.143 e. The summed E-state index contributed by atoms with van der Waals surface area (Å²) in [5.41, 5.74) is 1.03. The molecule has 1 aliphatic heterocycles. The summed E-state index contributed by atoms with van der Waals surface area (Å²) < 4.78 is 6.03. The number of hydrogen-bond acceptors (Lipinski definition) is 2. The van der Waals surface area contributed by atoms with Crippen molar-refractivity contribution in [3.05, 3.63) is 23.2 Å². The first-order chi connectivity index (χ1) is 8.31. The van der Waals surface area contributed by atoms with E-state index in [1.807, 2.05) is 18.2 Å². The molecule has 0 saturated heterocycles. The molecule has 3 rings (SSSR count). The molecule has 2 nitrogen and oxygen atoms in total. The van der Waals surface area contributed by atoms with E-state index in [-0.39, 0.29) is 0 Å². The van der Waals surface area contributed by atoms with Crippen molar-refractivity contribution < 1.29 is 4.74 Å². The predicted octanol–water partition coefficient (Wildman–Crippen LogP) is 4.09. The van der Waals surface area contributed by atoms with E-state index in [1.165, 1.54) is 32.1 Å². The maximum atomic E-state index is 6.03. The fraction of sp³-hybridized carbons (Fsp3) is 0.571. The first-order valence-corrected chi connectivity index (χ1v) is 6.89. The van der Waals surface area contributed by atoms with Gasteiger partial charge in [-0.2, -0.15) is 0 Å². The second kappa shape index (κ2) is 4.77. The number of fused-ring (bicyclic) bond motifs is 1. The molecule has 1 aromatic rings. The zero-order valence-corrected chi connectivity index (χ0v) is 10.7. The molecule has 0 radical (unpaired) electrons. The molecule has 1 unspecified atom stereocenters. The average Bonchev–Trinajstić information content (AvgIpc) is 2.82. The fourth-order valence-electron chi connectivity index (χ4n) is 2.94. The maximum Gasteiger partial charge on any atom is 0.143 e. The van der Waals surface area contributed by atoms with Crippen molar-refractivity contribution in [1.82, 2.24) is 0 Å². The number of benzene rings is 1. The Morgan fingerprint density at radius 1 is 1.29 bits per heavy atom. The van der Waals surface area contributed by atoms with Gasteiger partial charge in [0.1, 0.15) is 11.9 Å². The van der Waals surface area contributed by atoms with Gasteiger partial charge in [-0.15, -0.1) is 0 Å². The standard InChI is InChI=1S/C14H18ClNO/c15-11-5-6-14-13(8-11)16-9-12(17-14)7-10-3-1-2-4-10/h5-6,8,10,12,16H,1-4,7,9H2. The monoisotopic (exact) mass is 251 g/mol. The minimum atomic E-state index is 0.326. The van der Waals surface area contributed by atoms with Crippen LogP contribution in [-0.4, -0.2) is 12.6 Å². The second-order valence-electron chi connectivity index (χ2n) is 5.15. The molecule has 0 bridgehead atoms. The van der Waals surface area contributed by atoms with Gasteiger partial charge in [-0.25, -0.2) is 0 Å². The van der Waals surface area contributed by atoms with Crippen molar-refractivity contribution in [3.63, 3.8) is 0 Å². The van der Waals surface area contributed by atoms with Gasteiger partial charge in [0.2, 0.25) is 0 Å². The van der Waals surface area contributed by atoms with Gasteiger partial charge in [0.15, 0.2) is 0 Å². The summed E-state index contributed by atoms with van der Waals surface area (Å²) in [6.07, 6.45) is 7.08. The van der Waals surface area contributed by atoms with E-state index in [2.05, 4.69) is 5.32 Å². The van der Waals surface area contributed by atoms with Crippen molar-refractivity contribution in [2.45, 2.75) is 38.2 Å². The summed E-state index contributed by atoms with van der Waals surface area (Å²) in [5.74, 6) is 1.82. The van der Waals surface area contributed by atoms with E-state index >= 15 is 0 Å². The normalized spacial score (nSPS) is 23.9. The van der Waals surface area contributed by atoms with Crippen molar-refractivity contribution in [2.75, 3.05) is 11.9 Å². The molecule has 2 aliphatic rings. The lowest BCUT2D eigenvalue weighted by atomic mass is 9.99. The van der Waals surface area contributed by atoms with Gasteiger partial charge in [0, 0.05) is 5.02 Å². The summed E-state index contributed by atoms with van der Waals surface area (Å²) in [6.45, 7) is 0.907. The Bertz CT molecular complexity index is 401. The zero-order chi connectivity index (χ0) is 11.7. The number of rotatable bonds is 2. The summed E-state index contributed by atoms with van der Waals surface area (Å²) in [6, 6.07) is 5.79. The number of anilines is 1. The minimum Gasteiger partial charge on any atom is -0.486 e. The fourth-order valence-corrected chi connectivity index (χ4v) is 3.11. The Balaban J connectivity index is 1.65. The maximum absolute atomic E-state index is 6.03. The molecule has 1 saturated carbocycles. The zero-order valence-electron chi connectivity index (χ0n) is 9.92. The molecular formula is C14H18ClNO. The van der Waals surface area contributed by atoms with Crippen LogP contribution in [0, 0.1) is 5.92 Å². The van der Waals surface area contributed by atoms with Crippen LogP contribution in [0.25, 0.3) is 0 Å². The van der Waals surface area contributed by atoms with E-state index in [9.17, 15) is 0 Å². The molecule has 1 aromatic carbocycles. The molecule has 1 fully saturated rings. The Kier molecular flexibility index (Phi) is 3.15. The van der Waals surface area contributed by atoms with E-state index < -0.39 is 0 Å². The van der Waals surface area contributed by atoms with Crippen LogP contribution in [0.15, 0.2) is 18.2 Å². The van der Waals surface area contributed by atoms with Gasteiger partial charge in [0.25, 0.3) is 0 Å². The first-order valence-electron chi connectivity index (χ1n) is 6.51. The van der Waals surface area contributed by atoms with Crippen LogP contribution in [0.3, 0.4) is 0 Å². The average molecular weight is 252 g/mol. The van der Waals surface area contributed by atoms with E-state index in [4.69, 9.17) is 16.3 Å². The Morgan fingerprint density at radius 3 is 2.94 bits per heavy atom. The van der Waals surface area contributed by atoms with Crippen LogP contribution in [0.1, 0.15) is 32.1 Å². The Labute approximate surface area is 107 Å². The summed E-state index contributed by atoms with van der Waals surface area (Å²) in [4.78, 5) is 0. The van der Waals surface area contributed by atoms with Gasteiger partial charge in [-0.05, 0) is 30.5 Å². The van der Waals surface area contributed by atoms with Crippen LogP contribution >= 0.6 is 11.6 Å². The lowest BCUT2D eigenvalue weighted by Gasteiger charge is -2.29. The molecule has 1 atom stereocenters. The first kappa shape index (κ1) is 11.2. The third kappa shape index (κ3) is 2.52. The minimum absolute atomic E-state index is 0.326. The highest BCUT2D eigenvalue weighted by Gasteiger charge is 2.24. The molecule has 0 aromatic heterocycles. The number of nitrogens with one attached hydrogen (secondary N) is 1. The van der Waals surface area contributed by atoms with Crippen molar-refractivity contribution in [1.29, 1.82) is 0 Å². The molecular weight excluding hydrogens is 234 g/mol. The van der Waals surface area contributed by atoms with Crippen LogP contribution in [0.5, 0.6) is 5.75 Å². The topological polar surface area (TPSA) is 21.3 Å². The van der Waals surface area contributed by atoms with Crippen LogP contribution in [0.2, 0.25) is 5.02 Å². The van der Waals surface area contributed by atoms with Gasteiger partial charge in [-0.3, -0.25) is 0 Å². The molecule has 3 heteroatoms. The lowest BCUT2D eigenvalue weighted by Crippen LogP contribution is -2.32. The predicted molar refractivity (Wildman–Crippen MR) is 70.9 cm³/mol. The molecule has 17 heavy (non-hydrogen) atoms. The molecule has 0 amide bonds.